The molecule has 104 valence electrons. The first-order chi connectivity index (χ1) is 8.74. The van der Waals surface area contributed by atoms with E-state index < -0.39 is 0 Å². The van der Waals surface area contributed by atoms with Crippen molar-refractivity contribution in [3.05, 3.63) is 0 Å². The highest BCUT2D eigenvalue weighted by Gasteiger charge is 2.36. The standard InChI is InChI=1S/C15H28N2O/c1-2-3-9-13(16)15(18)17-11-6-8-12-7-4-5-10-14(12)17/h12-14H,2-11,16H2,1H3/t12-,13?,14-/m1/s1. The van der Waals surface area contributed by atoms with E-state index in [4.69, 9.17) is 5.73 Å². The van der Waals surface area contributed by atoms with Crippen molar-refractivity contribution in [3.63, 3.8) is 0 Å². The van der Waals surface area contributed by atoms with Gasteiger partial charge in [0.25, 0.3) is 0 Å². The van der Waals surface area contributed by atoms with Crippen molar-refractivity contribution in [2.75, 3.05) is 6.54 Å². The average molecular weight is 252 g/mol. The lowest BCUT2D eigenvalue weighted by Gasteiger charge is -2.45. The topological polar surface area (TPSA) is 46.3 Å². The Bertz CT molecular complexity index is 278. The van der Waals surface area contributed by atoms with E-state index in [-0.39, 0.29) is 11.9 Å². The van der Waals surface area contributed by atoms with Crippen molar-refractivity contribution in [3.8, 4) is 0 Å². The van der Waals surface area contributed by atoms with Crippen LogP contribution < -0.4 is 5.73 Å². The predicted molar refractivity (Wildman–Crippen MR) is 74.2 cm³/mol. The Labute approximate surface area is 111 Å². The second-order valence-corrected chi connectivity index (χ2v) is 6.03. The normalized spacial score (nSPS) is 29.8. The minimum atomic E-state index is -0.259. The van der Waals surface area contributed by atoms with Crippen LogP contribution in [-0.4, -0.2) is 29.4 Å². The zero-order chi connectivity index (χ0) is 13.0. The number of nitrogens with two attached hydrogens (primary N) is 1. The Kier molecular flexibility index (Phi) is 5.04. The molecule has 0 radical (unpaired) electrons. The van der Waals surface area contributed by atoms with Crippen molar-refractivity contribution < 1.29 is 4.79 Å². The van der Waals surface area contributed by atoms with Gasteiger partial charge in [-0.15, -0.1) is 0 Å². The Balaban J connectivity index is 1.95. The molecule has 18 heavy (non-hydrogen) atoms. The molecule has 3 atom stereocenters. The number of unbranched alkanes of at least 4 members (excludes halogenated alkanes) is 1. The molecule has 2 aliphatic rings. The summed E-state index contributed by atoms with van der Waals surface area (Å²) in [7, 11) is 0. The maximum Gasteiger partial charge on any atom is 0.239 e. The second kappa shape index (κ2) is 6.55. The highest BCUT2D eigenvalue weighted by molar-refractivity contribution is 5.82. The number of rotatable bonds is 4. The third-order valence-corrected chi connectivity index (χ3v) is 4.71. The van der Waals surface area contributed by atoms with Gasteiger partial charge in [-0.3, -0.25) is 4.79 Å². The fourth-order valence-corrected chi connectivity index (χ4v) is 3.66. The number of likely N-dealkylation sites (tertiary alicyclic amines) is 1. The lowest BCUT2D eigenvalue weighted by atomic mass is 9.78. The maximum absolute atomic E-state index is 12.5. The Hall–Kier alpha value is -0.570. The molecule has 0 aromatic carbocycles. The molecule has 0 aromatic rings. The first kappa shape index (κ1) is 13.9. The molecule has 0 bridgehead atoms. The highest BCUT2D eigenvalue weighted by atomic mass is 16.2. The van der Waals surface area contributed by atoms with Crippen LogP contribution in [0, 0.1) is 5.92 Å². The average Bonchev–Trinajstić information content (AvgIpc) is 2.43. The van der Waals surface area contributed by atoms with Crippen LogP contribution >= 0.6 is 0 Å². The van der Waals surface area contributed by atoms with Crippen molar-refractivity contribution in [1.29, 1.82) is 0 Å². The highest BCUT2D eigenvalue weighted by Crippen LogP contribution is 2.35. The van der Waals surface area contributed by atoms with Crippen LogP contribution in [-0.2, 0) is 4.79 Å². The quantitative estimate of drug-likeness (QED) is 0.836. The molecule has 3 nitrogen and oxygen atoms in total. The molecule has 0 spiro atoms. The van der Waals surface area contributed by atoms with Crippen LogP contribution in [0.4, 0.5) is 0 Å². The summed E-state index contributed by atoms with van der Waals surface area (Å²) in [5, 5.41) is 0. The van der Waals surface area contributed by atoms with Crippen molar-refractivity contribution >= 4 is 5.91 Å². The monoisotopic (exact) mass is 252 g/mol. The van der Waals surface area contributed by atoms with Gasteiger partial charge in [0.05, 0.1) is 6.04 Å². The van der Waals surface area contributed by atoms with Crippen molar-refractivity contribution in [2.45, 2.75) is 76.8 Å². The van der Waals surface area contributed by atoms with Crippen LogP contribution in [0.15, 0.2) is 0 Å². The largest absolute Gasteiger partial charge is 0.338 e. The van der Waals surface area contributed by atoms with Gasteiger partial charge in [0.2, 0.25) is 5.91 Å². The van der Waals surface area contributed by atoms with E-state index in [0.29, 0.717) is 6.04 Å². The van der Waals surface area contributed by atoms with Crippen LogP contribution in [0.25, 0.3) is 0 Å². The minimum absolute atomic E-state index is 0.222. The van der Waals surface area contributed by atoms with E-state index in [1.807, 2.05) is 0 Å². The number of piperidine rings is 1. The number of hydrogen-bond acceptors (Lipinski definition) is 2. The first-order valence-corrected chi connectivity index (χ1v) is 7.80. The third-order valence-electron chi connectivity index (χ3n) is 4.71. The summed E-state index contributed by atoms with van der Waals surface area (Å²) >= 11 is 0. The van der Waals surface area contributed by atoms with Crippen LogP contribution in [0.2, 0.25) is 0 Å². The first-order valence-electron chi connectivity index (χ1n) is 7.80. The van der Waals surface area contributed by atoms with Gasteiger partial charge in [-0.2, -0.15) is 0 Å². The fourth-order valence-electron chi connectivity index (χ4n) is 3.66. The molecule has 1 amide bonds. The van der Waals surface area contributed by atoms with Gasteiger partial charge in [0.1, 0.15) is 0 Å². The lowest BCUT2D eigenvalue weighted by molar-refractivity contribution is -0.139. The van der Waals surface area contributed by atoms with E-state index in [1.54, 1.807) is 0 Å². The molecule has 2 N–H and O–H groups in total. The number of fused-ring (bicyclic) bond motifs is 1. The molecular formula is C15H28N2O. The number of nitrogens with zero attached hydrogens (tertiary/aromatic N) is 1. The molecule has 1 heterocycles. The summed E-state index contributed by atoms with van der Waals surface area (Å²) in [6.07, 6.45) is 10.7. The molecule has 1 unspecified atom stereocenters. The van der Waals surface area contributed by atoms with E-state index in [1.165, 1.54) is 38.5 Å². The number of carbonyl (C=O) groups is 1. The van der Waals surface area contributed by atoms with Crippen molar-refractivity contribution in [2.24, 2.45) is 11.7 Å². The van der Waals surface area contributed by atoms with Gasteiger partial charge in [0.15, 0.2) is 0 Å². The maximum atomic E-state index is 12.5. The zero-order valence-corrected chi connectivity index (χ0v) is 11.7. The molecule has 3 heteroatoms. The summed E-state index contributed by atoms with van der Waals surface area (Å²) in [6.45, 7) is 3.09. The lowest BCUT2D eigenvalue weighted by Crippen LogP contribution is -2.54. The van der Waals surface area contributed by atoms with E-state index in [9.17, 15) is 4.79 Å². The SMILES string of the molecule is CCCCC(N)C(=O)N1CCC[C@H]2CCCC[C@H]21. The Morgan fingerprint density at radius 3 is 2.78 bits per heavy atom. The molecule has 1 saturated heterocycles. The summed E-state index contributed by atoms with van der Waals surface area (Å²) < 4.78 is 0. The molecule has 1 saturated carbocycles. The van der Waals surface area contributed by atoms with E-state index >= 15 is 0 Å². The summed E-state index contributed by atoms with van der Waals surface area (Å²) in [5.74, 6) is 0.981. The van der Waals surface area contributed by atoms with Gasteiger partial charge in [0, 0.05) is 12.6 Å². The molecule has 0 aromatic heterocycles. The second-order valence-electron chi connectivity index (χ2n) is 6.03. The summed E-state index contributed by atoms with van der Waals surface area (Å²) in [5.41, 5.74) is 6.06. The van der Waals surface area contributed by atoms with Gasteiger partial charge >= 0.3 is 0 Å². The number of carbonyl (C=O) groups excluding carboxylic acids is 1. The minimum Gasteiger partial charge on any atom is -0.338 e. The fraction of sp³-hybridized carbons (Fsp3) is 0.933. The molecule has 1 aliphatic carbocycles. The zero-order valence-electron chi connectivity index (χ0n) is 11.7. The molecule has 1 aliphatic heterocycles. The van der Waals surface area contributed by atoms with Crippen molar-refractivity contribution in [1.82, 2.24) is 4.90 Å². The molecule has 2 rings (SSSR count). The summed E-state index contributed by atoms with van der Waals surface area (Å²) in [6, 6.07) is 0.248. The van der Waals surface area contributed by atoms with Gasteiger partial charge in [-0.1, -0.05) is 32.6 Å². The van der Waals surface area contributed by atoms with Crippen LogP contribution in [0.5, 0.6) is 0 Å². The smallest absolute Gasteiger partial charge is 0.239 e. The van der Waals surface area contributed by atoms with E-state index in [2.05, 4.69) is 11.8 Å². The number of hydrogen-bond donors (Lipinski definition) is 1. The summed E-state index contributed by atoms with van der Waals surface area (Å²) in [4.78, 5) is 14.6. The Morgan fingerprint density at radius 2 is 2.00 bits per heavy atom. The predicted octanol–water partition coefficient (Wildman–Crippen LogP) is 2.69. The van der Waals surface area contributed by atoms with Gasteiger partial charge in [-0.25, -0.2) is 0 Å². The number of amides is 1. The third kappa shape index (κ3) is 3.05. The molecular weight excluding hydrogens is 224 g/mol. The Morgan fingerprint density at radius 1 is 1.28 bits per heavy atom. The van der Waals surface area contributed by atoms with Crippen LogP contribution in [0.3, 0.4) is 0 Å². The van der Waals surface area contributed by atoms with Gasteiger partial charge in [-0.05, 0) is 38.0 Å². The van der Waals surface area contributed by atoms with E-state index in [0.717, 1.165) is 31.7 Å². The van der Waals surface area contributed by atoms with Crippen LogP contribution in [0.1, 0.15) is 64.7 Å². The molecule has 2 fully saturated rings. The van der Waals surface area contributed by atoms with Gasteiger partial charge < -0.3 is 10.6 Å².